The molecule has 6 nitrogen and oxygen atoms in total. The second kappa shape index (κ2) is 14.0. The lowest BCUT2D eigenvalue weighted by Crippen LogP contribution is -2.25. The lowest BCUT2D eigenvalue weighted by Gasteiger charge is -2.29. The Morgan fingerprint density at radius 1 is 0.900 bits per heavy atom. The van der Waals surface area contributed by atoms with Crippen LogP contribution in [0.2, 0.25) is 0 Å². The summed E-state index contributed by atoms with van der Waals surface area (Å²) in [5.41, 5.74) is 17.3. The fourth-order valence-electron chi connectivity index (χ4n) is 5.46. The summed E-state index contributed by atoms with van der Waals surface area (Å²) in [5, 5.41) is 9.81. The van der Waals surface area contributed by atoms with E-state index in [2.05, 4.69) is 77.1 Å². The van der Waals surface area contributed by atoms with Crippen LogP contribution in [0.4, 0.5) is 0 Å². The number of aliphatic hydroxyl groups is 1. The van der Waals surface area contributed by atoms with Crippen LogP contribution in [-0.2, 0) is 14.3 Å². The van der Waals surface area contributed by atoms with Gasteiger partial charge in [-0.1, -0.05) is 35.4 Å². The quantitative estimate of drug-likeness (QED) is 0.161. The summed E-state index contributed by atoms with van der Waals surface area (Å²) in [6, 6.07) is 8.45. The molecule has 0 fully saturated rings. The van der Waals surface area contributed by atoms with Crippen molar-refractivity contribution in [3.63, 3.8) is 0 Å². The first kappa shape index (κ1) is 32.4. The Labute approximate surface area is 239 Å². The molecule has 0 radical (unpaired) electrons. The smallest absolute Gasteiger partial charge is 0.275 e. The normalized spacial score (nSPS) is 14.7. The Kier molecular flexibility index (Phi) is 11.3. The number of hydrogen-bond donors (Lipinski definition) is 2. The summed E-state index contributed by atoms with van der Waals surface area (Å²) in [6.07, 6.45) is 5.51. The van der Waals surface area contributed by atoms with E-state index in [1.807, 2.05) is 0 Å². The van der Waals surface area contributed by atoms with E-state index in [1.165, 1.54) is 65.9 Å². The average molecular weight is 544 g/mol. The molecule has 1 aliphatic heterocycles. The Morgan fingerprint density at radius 3 is 1.73 bits per heavy atom. The molecule has 3 N–H and O–H groups in total. The summed E-state index contributed by atoms with van der Waals surface area (Å²) in [6.45, 7) is 19.2. The van der Waals surface area contributed by atoms with Gasteiger partial charge in [-0.15, -0.1) is 0 Å². The highest BCUT2D eigenvalue weighted by Crippen LogP contribution is 2.37. The van der Waals surface area contributed by atoms with Gasteiger partial charge in [-0.2, -0.15) is 0 Å². The standard InChI is InChI=1S/C27H36N2O2.C7H7O2/c1-15-9-17(3)25(18(4)10-15)24(14-29-13-23(21(7)30)22(8)31)27(28)26-19(5)11-16(2)12-20(26)6;1-5(8)7-3-4-9-6(7)2/h9-13,24,27,30H,14,28H2,1-8H3;3H,1-2H3/q;+1/b23-21+,29-13?;/t24-,27+;/m1./s1. The predicted octanol–water partition coefficient (Wildman–Crippen LogP) is 7.01. The zero-order valence-corrected chi connectivity index (χ0v) is 25.5. The molecule has 0 saturated heterocycles. The molecule has 6 heteroatoms. The van der Waals surface area contributed by atoms with E-state index in [1.54, 1.807) is 13.0 Å². The highest BCUT2D eigenvalue weighted by Gasteiger charge is 2.27. The van der Waals surface area contributed by atoms with Crippen molar-refractivity contribution < 1.29 is 19.4 Å². The van der Waals surface area contributed by atoms with Gasteiger partial charge in [-0.25, -0.2) is 0 Å². The van der Waals surface area contributed by atoms with Crippen LogP contribution in [0.5, 0.6) is 0 Å². The van der Waals surface area contributed by atoms with E-state index in [-0.39, 0.29) is 34.9 Å². The van der Waals surface area contributed by atoms with Gasteiger partial charge in [0, 0.05) is 31.6 Å². The number of ketones is 2. The molecule has 1 aliphatic rings. The second-order valence-electron chi connectivity index (χ2n) is 10.7. The minimum Gasteiger partial charge on any atom is -0.512 e. The number of nitrogens with two attached hydrogens (primary N) is 1. The van der Waals surface area contributed by atoms with Gasteiger partial charge in [-0.3, -0.25) is 19.3 Å². The molecule has 2 aromatic carbocycles. The number of ether oxygens (including phenoxy) is 1. The summed E-state index contributed by atoms with van der Waals surface area (Å²) in [4.78, 5) is 27.0. The number of carbonyl (C=O) groups excluding carboxylic acids is 2. The van der Waals surface area contributed by atoms with E-state index in [0.29, 0.717) is 17.9 Å². The van der Waals surface area contributed by atoms with E-state index < -0.39 is 0 Å². The zero-order valence-electron chi connectivity index (χ0n) is 25.5. The summed E-state index contributed by atoms with van der Waals surface area (Å²) >= 11 is 0. The molecular formula is C34H43N2O4+. The topological polar surface area (TPSA) is 102 Å². The Balaban J connectivity index is 0.000000526. The predicted molar refractivity (Wildman–Crippen MR) is 163 cm³/mol. The maximum absolute atomic E-state index is 11.8. The van der Waals surface area contributed by atoms with Gasteiger partial charge in [0.05, 0.1) is 12.5 Å². The van der Waals surface area contributed by atoms with Crippen molar-refractivity contribution >= 4 is 17.8 Å². The number of nitrogens with zero attached hydrogens (tertiary/aromatic N) is 1. The maximum atomic E-state index is 11.8. The third kappa shape index (κ3) is 8.08. The largest absolute Gasteiger partial charge is 0.512 e. The highest BCUT2D eigenvalue weighted by atomic mass is 16.5. The first-order chi connectivity index (χ1) is 18.6. The van der Waals surface area contributed by atoms with Gasteiger partial charge in [0.1, 0.15) is 5.76 Å². The first-order valence-corrected chi connectivity index (χ1v) is 13.4. The third-order valence-corrected chi connectivity index (χ3v) is 7.08. The van der Waals surface area contributed by atoms with Crippen molar-refractivity contribution in [2.75, 3.05) is 6.54 Å². The number of aliphatic imine (C=N–C) groups is 1. The lowest BCUT2D eigenvalue weighted by molar-refractivity contribution is -0.114. The Bertz CT molecular complexity index is 1360. The molecule has 0 bridgehead atoms. The number of carbonyl (C=O) groups is 2. The van der Waals surface area contributed by atoms with E-state index in [0.717, 1.165) is 5.56 Å². The van der Waals surface area contributed by atoms with Gasteiger partial charge in [0.15, 0.2) is 11.9 Å². The Hall–Kier alpha value is -3.86. The Morgan fingerprint density at radius 2 is 1.38 bits per heavy atom. The van der Waals surface area contributed by atoms with Crippen LogP contribution < -0.4 is 5.73 Å². The van der Waals surface area contributed by atoms with Crippen LogP contribution in [0, 0.1) is 47.8 Å². The monoisotopic (exact) mass is 543 g/mol. The van der Waals surface area contributed by atoms with Crippen molar-refractivity contribution in [1.29, 1.82) is 0 Å². The molecule has 0 spiro atoms. The minimum absolute atomic E-state index is 0.0231. The second-order valence-corrected chi connectivity index (χ2v) is 10.7. The molecule has 3 rings (SSSR count). The number of rotatable bonds is 8. The lowest BCUT2D eigenvalue weighted by atomic mass is 9.80. The van der Waals surface area contributed by atoms with E-state index in [4.69, 9.17) is 10.5 Å². The molecule has 2 aromatic rings. The van der Waals surface area contributed by atoms with E-state index >= 15 is 0 Å². The number of Topliss-reactive ketones (excluding diaryl/α,β-unsaturated/α-hetero) is 2. The van der Waals surface area contributed by atoms with Gasteiger partial charge >= 0.3 is 0 Å². The number of aryl methyl sites for hydroxylation is 6. The molecule has 1 heterocycles. The van der Waals surface area contributed by atoms with Crippen LogP contribution in [0.1, 0.15) is 84.2 Å². The number of benzene rings is 2. The SMILES string of the molecule is CC(=O)/C(C=NC[C@H](c1c(C)cc(C)cc1C)[C@H](N)c1c(C)cc(C)cc1C)=C(\C)O.CC(=O)C1=C(C)O[C+]=C1. The van der Waals surface area contributed by atoms with Gasteiger partial charge in [0.25, 0.3) is 5.76 Å². The van der Waals surface area contributed by atoms with Crippen molar-refractivity contribution in [3.05, 3.63) is 104 Å². The maximum Gasteiger partial charge on any atom is 0.275 e. The third-order valence-electron chi connectivity index (χ3n) is 7.08. The molecule has 212 valence electrons. The molecule has 0 aromatic heterocycles. The average Bonchev–Trinajstić information content (AvgIpc) is 3.25. The molecule has 0 saturated carbocycles. The van der Waals surface area contributed by atoms with Gasteiger partial charge in [-0.05, 0) is 88.8 Å². The molecule has 0 amide bonds. The summed E-state index contributed by atoms with van der Waals surface area (Å²) in [7, 11) is 0. The van der Waals surface area contributed by atoms with Crippen LogP contribution in [-0.4, -0.2) is 29.4 Å². The van der Waals surface area contributed by atoms with Crippen molar-refractivity contribution in [2.45, 2.75) is 81.2 Å². The van der Waals surface area contributed by atoms with Crippen LogP contribution in [0.15, 0.2) is 58.0 Å². The molecule has 40 heavy (non-hydrogen) atoms. The highest BCUT2D eigenvalue weighted by molar-refractivity contribution is 6.12. The van der Waals surface area contributed by atoms with Crippen molar-refractivity contribution in [2.24, 2.45) is 10.7 Å². The summed E-state index contributed by atoms with van der Waals surface area (Å²) in [5.74, 6) is 0.367. The van der Waals surface area contributed by atoms with Crippen LogP contribution in [0.25, 0.3) is 0 Å². The summed E-state index contributed by atoms with van der Waals surface area (Å²) < 4.78 is 4.78. The number of allylic oxidation sites excluding steroid dienone is 5. The molecule has 0 unspecified atom stereocenters. The van der Waals surface area contributed by atoms with Crippen molar-refractivity contribution in [3.8, 4) is 0 Å². The van der Waals surface area contributed by atoms with Crippen molar-refractivity contribution in [1.82, 2.24) is 0 Å². The number of hydrogen-bond acceptors (Lipinski definition) is 6. The molecular weight excluding hydrogens is 500 g/mol. The first-order valence-electron chi connectivity index (χ1n) is 13.4. The fourth-order valence-corrected chi connectivity index (χ4v) is 5.46. The molecule has 0 aliphatic carbocycles. The van der Waals surface area contributed by atoms with Gasteiger partial charge in [0.2, 0.25) is 17.6 Å². The van der Waals surface area contributed by atoms with Crippen LogP contribution >= 0.6 is 0 Å². The minimum atomic E-state index is -0.252. The van der Waals surface area contributed by atoms with Gasteiger partial charge < -0.3 is 10.8 Å². The molecule has 2 atom stereocenters. The van der Waals surface area contributed by atoms with Crippen LogP contribution in [0.3, 0.4) is 0 Å². The zero-order chi connectivity index (χ0) is 30.3. The fraction of sp³-hybridized carbons (Fsp3) is 0.382. The van der Waals surface area contributed by atoms with E-state index in [9.17, 15) is 14.7 Å². The number of aliphatic hydroxyl groups excluding tert-OH is 1.